The van der Waals surface area contributed by atoms with Crippen LogP contribution in [0.2, 0.25) is 0 Å². The maximum Gasteiger partial charge on any atom is 0.256 e. The molecule has 0 spiro atoms. The molecule has 2 aromatic heterocycles. The molecule has 0 radical (unpaired) electrons. The van der Waals surface area contributed by atoms with Crippen molar-refractivity contribution in [1.29, 1.82) is 0 Å². The van der Waals surface area contributed by atoms with E-state index in [1.807, 2.05) is 42.5 Å². The summed E-state index contributed by atoms with van der Waals surface area (Å²) in [4.78, 5) is 21.8. The molecule has 6 rings (SSSR count). The van der Waals surface area contributed by atoms with E-state index in [4.69, 9.17) is 4.98 Å². The summed E-state index contributed by atoms with van der Waals surface area (Å²) < 4.78 is 1.17. The van der Waals surface area contributed by atoms with Gasteiger partial charge in [0.2, 0.25) is 0 Å². The van der Waals surface area contributed by atoms with Gasteiger partial charge >= 0.3 is 0 Å². The third-order valence-corrected chi connectivity index (χ3v) is 8.34. The summed E-state index contributed by atoms with van der Waals surface area (Å²) in [5.74, 6) is -0.0808. The second kappa shape index (κ2) is 9.14. The van der Waals surface area contributed by atoms with Crippen molar-refractivity contribution < 1.29 is 4.79 Å². The van der Waals surface area contributed by atoms with E-state index in [1.54, 1.807) is 22.7 Å². The fourth-order valence-electron chi connectivity index (χ4n) is 4.49. The Hall–Kier alpha value is -3.32. The number of thiophene rings is 1. The summed E-state index contributed by atoms with van der Waals surface area (Å²) in [6, 6.07) is 28.3. The van der Waals surface area contributed by atoms with Crippen LogP contribution < -0.4 is 5.32 Å². The number of aromatic nitrogens is 1. The second-order valence-corrected chi connectivity index (χ2v) is 10.6. The van der Waals surface area contributed by atoms with Gasteiger partial charge in [-0.05, 0) is 41.8 Å². The molecule has 0 unspecified atom stereocenters. The summed E-state index contributed by atoms with van der Waals surface area (Å²) in [5, 5.41) is 5.11. The maximum atomic E-state index is 13.1. The number of rotatable bonds is 5. The molecule has 168 valence electrons. The molecule has 1 aliphatic heterocycles. The van der Waals surface area contributed by atoms with Crippen LogP contribution in [0.1, 0.15) is 26.4 Å². The molecule has 34 heavy (non-hydrogen) atoms. The number of anilines is 1. The summed E-state index contributed by atoms with van der Waals surface area (Å²) in [5.41, 5.74) is 5.42. The first-order valence-electron chi connectivity index (χ1n) is 11.4. The lowest BCUT2D eigenvalue weighted by molar-refractivity contribution is 0.102. The van der Waals surface area contributed by atoms with Crippen LogP contribution in [0.5, 0.6) is 0 Å². The van der Waals surface area contributed by atoms with Crippen molar-refractivity contribution in [3.63, 3.8) is 0 Å². The van der Waals surface area contributed by atoms with Gasteiger partial charge in [0, 0.05) is 35.6 Å². The Balaban J connectivity index is 1.37. The molecule has 0 aliphatic carbocycles. The van der Waals surface area contributed by atoms with E-state index in [1.165, 1.54) is 20.7 Å². The van der Waals surface area contributed by atoms with Gasteiger partial charge in [-0.3, -0.25) is 9.69 Å². The summed E-state index contributed by atoms with van der Waals surface area (Å²) in [6.07, 6.45) is 0.950. The zero-order valence-electron chi connectivity index (χ0n) is 18.5. The van der Waals surface area contributed by atoms with Crippen molar-refractivity contribution in [2.75, 3.05) is 11.9 Å². The molecule has 6 heteroatoms. The van der Waals surface area contributed by atoms with Gasteiger partial charge < -0.3 is 5.32 Å². The lowest BCUT2D eigenvalue weighted by Gasteiger charge is -2.27. The number of fused-ring (bicyclic) bond motifs is 2. The molecule has 0 saturated heterocycles. The third-order valence-electron chi connectivity index (χ3n) is 6.16. The number of hydrogen-bond acceptors (Lipinski definition) is 5. The molecular weight excluding hydrogens is 458 g/mol. The molecule has 1 N–H and O–H groups in total. The monoisotopic (exact) mass is 481 g/mol. The van der Waals surface area contributed by atoms with Crippen LogP contribution in [0.25, 0.3) is 20.8 Å². The lowest BCUT2D eigenvalue weighted by atomic mass is 10.0. The average Bonchev–Trinajstić information content (AvgIpc) is 3.45. The molecule has 3 heterocycles. The highest BCUT2D eigenvalue weighted by Gasteiger charge is 2.28. The number of hydrogen-bond donors (Lipinski definition) is 1. The number of nitrogens with zero attached hydrogens (tertiary/aromatic N) is 2. The number of amides is 1. The topological polar surface area (TPSA) is 45.2 Å². The highest BCUT2D eigenvalue weighted by molar-refractivity contribution is 7.23. The Bertz CT molecular complexity index is 1420. The Morgan fingerprint density at radius 3 is 2.44 bits per heavy atom. The SMILES string of the molecule is O=C(Nc1sc2c(c1-c1nc3ccccc3s1)CCN(Cc1ccccc1)C2)c1ccccc1. The molecular formula is C28H23N3OS2. The number of benzene rings is 3. The van der Waals surface area contributed by atoms with Crippen LogP contribution >= 0.6 is 22.7 Å². The highest BCUT2D eigenvalue weighted by atomic mass is 32.1. The fraction of sp³-hybridized carbons (Fsp3) is 0.143. The molecule has 4 nitrogen and oxygen atoms in total. The van der Waals surface area contributed by atoms with Crippen molar-refractivity contribution in [1.82, 2.24) is 9.88 Å². The van der Waals surface area contributed by atoms with Gasteiger partial charge in [-0.2, -0.15) is 0 Å². The first-order valence-corrected chi connectivity index (χ1v) is 13.0. The van der Waals surface area contributed by atoms with Crippen molar-refractivity contribution in [2.24, 2.45) is 0 Å². The third kappa shape index (κ3) is 4.16. The Morgan fingerprint density at radius 1 is 0.912 bits per heavy atom. The smallest absolute Gasteiger partial charge is 0.256 e. The minimum absolute atomic E-state index is 0.0808. The number of thiazole rings is 1. The molecule has 1 aliphatic rings. The van der Waals surface area contributed by atoms with Gasteiger partial charge in [0.15, 0.2) is 0 Å². The van der Waals surface area contributed by atoms with Gasteiger partial charge in [-0.15, -0.1) is 22.7 Å². The van der Waals surface area contributed by atoms with Crippen LogP contribution in [0.3, 0.4) is 0 Å². The molecule has 0 fully saturated rings. The van der Waals surface area contributed by atoms with E-state index in [2.05, 4.69) is 52.7 Å². The maximum absolute atomic E-state index is 13.1. The summed E-state index contributed by atoms with van der Waals surface area (Å²) >= 11 is 3.40. The number of para-hydroxylation sites is 1. The molecule has 0 saturated carbocycles. The second-order valence-electron chi connectivity index (χ2n) is 8.46. The number of carbonyl (C=O) groups is 1. The first-order chi connectivity index (χ1) is 16.7. The van der Waals surface area contributed by atoms with E-state index >= 15 is 0 Å². The summed E-state index contributed by atoms with van der Waals surface area (Å²) in [7, 11) is 0. The number of nitrogens with one attached hydrogen (secondary N) is 1. The van der Waals surface area contributed by atoms with Crippen LogP contribution in [-0.2, 0) is 19.5 Å². The largest absolute Gasteiger partial charge is 0.313 e. The van der Waals surface area contributed by atoms with Gasteiger partial charge in [0.05, 0.1) is 10.2 Å². The Labute approximate surface area is 206 Å². The quantitative estimate of drug-likeness (QED) is 0.299. The molecule has 1 amide bonds. The standard InChI is InChI=1S/C28H23N3OS2/c32-26(20-11-5-2-6-12-20)30-28-25(27-29-22-13-7-8-14-23(22)33-27)21-15-16-31(18-24(21)34-28)17-19-9-3-1-4-10-19/h1-14H,15-18H2,(H,30,32). The molecule has 3 aromatic carbocycles. The normalized spacial score (nSPS) is 13.6. The summed E-state index contributed by atoms with van der Waals surface area (Å²) in [6.45, 7) is 2.80. The minimum atomic E-state index is -0.0808. The zero-order chi connectivity index (χ0) is 22.9. The van der Waals surface area contributed by atoms with E-state index in [-0.39, 0.29) is 5.91 Å². The van der Waals surface area contributed by atoms with Crippen molar-refractivity contribution >= 4 is 43.8 Å². The predicted octanol–water partition coefficient (Wildman–Crippen LogP) is 6.84. The van der Waals surface area contributed by atoms with Gasteiger partial charge in [-0.1, -0.05) is 60.7 Å². The van der Waals surface area contributed by atoms with E-state index in [0.29, 0.717) is 5.56 Å². The van der Waals surface area contributed by atoms with Gasteiger partial charge in [-0.25, -0.2) is 4.98 Å². The van der Waals surface area contributed by atoms with Crippen molar-refractivity contribution in [3.8, 4) is 10.6 Å². The van der Waals surface area contributed by atoms with Crippen LogP contribution in [0, 0.1) is 0 Å². The molecule has 0 bridgehead atoms. The van der Waals surface area contributed by atoms with Gasteiger partial charge in [0.25, 0.3) is 5.91 Å². The van der Waals surface area contributed by atoms with Crippen LogP contribution in [0.4, 0.5) is 5.00 Å². The fourth-order valence-corrected chi connectivity index (χ4v) is 6.89. The lowest BCUT2D eigenvalue weighted by Crippen LogP contribution is -2.29. The van der Waals surface area contributed by atoms with Crippen LogP contribution in [0.15, 0.2) is 84.9 Å². The average molecular weight is 482 g/mol. The van der Waals surface area contributed by atoms with Crippen molar-refractivity contribution in [3.05, 3.63) is 106 Å². The number of carbonyl (C=O) groups excluding carboxylic acids is 1. The van der Waals surface area contributed by atoms with Crippen molar-refractivity contribution in [2.45, 2.75) is 19.5 Å². The highest BCUT2D eigenvalue weighted by Crippen LogP contribution is 2.46. The Kier molecular flexibility index (Phi) is 5.71. The van der Waals surface area contributed by atoms with E-state index in [9.17, 15) is 4.79 Å². The predicted molar refractivity (Wildman–Crippen MR) is 142 cm³/mol. The van der Waals surface area contributed by atoms with Gasteiger partial charge in [0.1, 0.15) is 10.0 Å². The zero-order valence-corrected chi connectivity index (χ0v) is 20.2. The minimum Gasteiger partial charge on any atom is -0.313 e. The molecule has 5 aromatic rings. The van der Waals surface area contributed by atoms with E-state index in [0.717, 1.165) is 47.1 Å². The molecule has 0 atom stereocenters. The van der Waals surface area contributed by atoms with E-state index < -0.39 is 0 Å². The van der Waals surface area contributed by atoms with Crippen LogP contribution in [-0.4, -0.2) is 22.3 Å². The first kappa shape index (κ1) is 21.2. The Morgan fingerprint density at radius 2 is 1.65 bits per heavy atom.